The first kappa shape index (κ1) is 14.0. The number of benzene rings is 2. The molecule has 0 saturated carbocycles. The van der Waals surface area contributed by atoms with Crippen molar-refractivity contribution in [2.45, 2.75) is 19.6 Å². The number of nitrogens with two attached hydrogens (primary N) is 1. The Balaban J connectivity index is 2.18. The van der Waals surface area contributed by atoms with Gasteiger partial charge in [0.05, 0.1) is 0 Å². The molecule has 19 heavy (non-hydrogen) atoms. The molecule has 0 spiro atoms. The van der Waals surface area contributed by atoms with Crippen LogP contribution in [0.3, 0.4) is 0 Å². The van der Waals surface area contributed by atoms with Crippen molar-refractivity contribution in [3.05, 3.63) is 63.9 Å². The molecule has 0 aliphatic heterocycles. The van der Waals surface area contributed by atoms with E-state index < -0.39 is 0 Å². The first-order valence-electron chi connectivity index (χ1n) is 5.99. The number of halogens is 2. The van der Waals surface area contributed by atoms with Gasteiger partial charge in [0.1, 0.15) is 18.2 Å². The van der Waals surface area contributed by atoms with E-state index in [9.17, 15) is 4.39 Å². The molecular formula is C15H15BrFNO. The fourth-order valence-corrected chi connectivity index (χ4v) is 2.18. The summed E-state index contributed by atoms with van der Waals surface area (Å²) < 4.78 is 19.9. The molecule has 2 nitrogen and oxygen atoms in total. The Bertz CT molecular complexity index is 572. The van der Waals surface area contributed by atoms with E-state index in [1.165, 1.54) is 12.1 Å². The lowest BCUT2D eigenvalue weighted by molar-refractivity contribution is 0.300. The van der Waals surface area contributed by atoms with E-state index in [0.717, 1.165) is 10.0 Å². The number of hydrogen-bond donors (Lipinski definition) is 1. The van der Waals surface area contributed by atoms with Crippen molar-refractivity contribution < 1.29 is 9.13 Å². The van der Waals surface area contributed by atoms with Crippen molar-refractivity contribution in [2.75, 3.05) is 0 Å². The summed E-state index contributed by atoms with van der Waals surface area (Å²) in [6, 6.07) is 11.9. The molecule has 4 heteroatoms. The van der Waals surface area contributed by atoms with Crippen LogP contribution in [0, 0.1) is 5.82 Å². The molecule has 2 aromatic rings. The lowest BCUT2D eigenvalue weighted by Crippen LogP contribution is -2.08. The molecule has 0 aromatic heterocycles. The summed E-state index contributed by atoms with van der Waals surface area (Å²) in [5.41, 5.74) is 7.53. The van der Waals surface area contributed by atoms with E-state index in [0.29, 0.717) is 17.9 Å². The monoisotopic (exact) mass is 323 g/mol. The molecule has 100 valence electrons. The van der Waals surface area contributed by atoms with Crippen LogP contribution < -0.4 is 10.5 Å². The molecule has 0 fully saturated rings. The molecule has 0 radical (unpaired) electrons. The molecule has 0 bridgehead atoms. The quantitative estimate of drug-likeness (QED) is 0.915. The summed E-state index contributed by atoms with van der Waals surface area (Å²) in [5, 5.41) is 0. The third-order valence-corrected chi connectivity index (χ3v) is 3.58. The molecule has 0 aliphatic rings. The van der Waals surface area contributed by atoms with Gasteiger partial charge in [-0.05, 0) is 31.2 Å². The van der Waals surface area contributed by atoms with Gasteiger partial charge in [-0.25, -0.2) is 4.39 Å². The highest BCUT2D eigenvalue weighted by Gasteiger charge is 2.10. The van der Waals surface area contributed by atoms with Gasteiger partial charge in [0.2, 0.25) is 0 Å². The van der Waals surface area contributed by atoms with Gasteiger partial charge in [0, 0.05) is 21.6 Å². The maximum Gasteiger partial charge on any atom is 0.124 e. The van der Waals surface area contributed by atoms with Crippen LogP contribution in [0.2, 0.25) is 0 Å². The average molecular weight is 324 g/mol. The van der Waals surface area contributed by atoms with Crippen LogP contribution in [0.4, 0.5) is 4.39 Å². The Morgan fingerprint density at radius 3 is 2.68 bits per heavy atom. The molecule has 0 aliphatic carbocycles. The van der Waals surface area contributed by atoms with Gasteiger partial charge in [-0.1, -0.05) is 34.1 Å². The normalized spacial score (nSPS) is 12.2. The predicted octanol–water partition coefficient (Wildman–Crippen LogP) is 4.19. The smallest absolute Gasteiger partial charge is 0.124 e. The fourth-order valence-electron chi connectivity index (χ4n) is 1.78. The predicted molar refractivity (Wildman–Crippen MR) is 77.5 cm³/mol. The minimum Gasteiger partial charge on any atom is -0.489 e. The third-order valence-electron chi connectivity index (χ3n) is 2.80. The molecule has 0 unspecified atom stereocenters. The topological polar surface area (TPSA) is 35.2 Å². The SMILES string of the molecule is C[C@@H](N)c1cc(F)ccc1OCc1ccccc1Br. The van der Waals surface area contributed by atoms with Gasteiger partial charge in [0.25, 0.3) is 0 Å². The van der Waals surface area contributed by atoms with Crippen molar-refractivity contribution >= 4 is 15.9 Å². The minimum absolute atomic E-state index is 0.273. The lowest BCUT2D eigenvalue weighted by Gasteiger charge is -2.14. The molecule has 0 amide bonds. The van der Waals surface area contributed by atoms with E-state index in [4.69, 9.17) is 10.5 Å². The van der Waals surface area contributed by atoms with E-state index >= 15 is 0 Å². The Kier molecular flexibility index (Phi) is 4.56. The highest BCUT2D eigenvalue weighted by Crippen LogP contribution is 2.26. The number of ether oxygens (including phenoxy) is 1. The summed E-state index contributed by atoms with van der Waals surface area (Å²) in [5.74, 6) is 0.313. The van der Waals surface area contributed by atoms with Crippen molar-refractivity contribution in [3.63, 3.8) is 0 Å². The summed E-state index contributed by atoms with van der Waals surface area (Å²) in [7, 11) is 0. The molecule has 0 saturated heterocycles. The standard InChI is InChI=1S/C15H15BrFNO/c1-10(18)13-8-12(17)6-7-15(13)19-9-11-4-2-3-5-14(11)16/h2-8,10H,9,18H2,1H3/t10-/m1/s1. The van der Waals surface area contributed by atoms with Crippen molar-refractivity contribution in [1.29, 1.82) is 0 Å². The van der Waals surface area contributed by atoms with E-state index in [2.05, 4.69) is 15.9 Å². The fraction of sp³-hybridized carbons (Fsp3) is 0.200. The Morgan fingerprint density at radius 1 is 1.26 bits per heavy atom. The molecular weight excluding hydrogens is 309 g/mol. The molecule has 2 aromatic carbocycles. The van der Waals surface area contributed by atoms with E-state index in [-0.39, 0.29) is 11.9 Å². The summed E-state index contributed by atoms with van der Waals surface area (Å²) in [4.78, 5) is 0. The zero-order chi connectivity index (χ0) is 13.8. The van der Waals surface area contributed by atoms with Crippen LogP contribution in [-0.2, 0) is 6.61 Å². The van der Waals surface area contributed by atoms with Crippen LogP contribution >= 0.6 is 15.9 Å². The van der Waals surface area contributed by atoms with Crippen LogP contribution in [0.25, 0.3) is 0 Å². The highest BCUT2D eigenvalue weighted by molar-refractivity contribution is 9.10. The number of rotatable bonds is 4. The Labute approximate surface area is 120 Å². The van der Waals surface area contributed by atoms with Gasteiger partial charge in [-0.15, -0.1) is 0 Å². The van der Waals surface area contributed by atoms with Crippen molar-refractivity contribution in [3.8, 4) is 5.75 Å². The second-order valence-corrected chi connectivity index (χ2v) is 5.21. The summed E-state index contributed by atoms with van der Waals surface area (Å²) in [6.45, 7) is 2.22. The minimum atomic E-state index is -0.305. The molecule has 1 atom stereocenters. The zero-order valence-corrected chi connectivity index (χ0v) is 12.2. The highest BCUT2D eigenvalue weighted by atomic mass is 79.9. The van der Waals surface area contributed by atoms with Gasteiger partial charge in [-0.3, -0.25) is 0 Å². The van der Waals surface area contributed by atoms with Crippen LogP contribution in [0.5, 0.6) is 5.75 Å². The van der Waals surface area contributed by atoms with Gasteiger partial charge in [-0.2, -0.15) is 0 Å². The van der Waals surface area contributed by atoms with Gasteiger partial charge in [0.15, 0.2) is 0 Å². The number of hydrogen-bond acceptors (Lipinski definition) is 2. The summed E-state index contributed by atoms with van der Waals surface area (Å²) in [6.07, 6.45) is 0. The van der Waals surface area contributed by atoms with Gasteiger partial charge < -0.3 is 10.5 Å². The van der Waals surface area contributed by atoms with Gasteiger partial charge >= 0.3 is 0 Å². The van der Waals surface area contributed by atoms with Crippen LogP contribution in [0.15, 0.2) is 46.9 Å². The maximum absolute atomic E-state index is 13.2. The second kappa shape index (κ2) is 6.17. The van der Waals surface area contributed by atoms with Crippen LogP contribution in [0.1, 0.15) is 24.1 Å². The van der Waals surface area contributed by atoms with E-state index in [1.54, 1.807) is 13.0 Å². The van der Waals surface area contributed by atoms with Crippen LogP contribution in [-0.4, -0.2) is 0 Å². The molecule has 2 rings (SSSR count). The largest absolute Gasteiger partial charge is 0.489 e. The van der Waals surface area contributed by atoms with Crippen molar-refractivity contribution in [2.24, 2.45) is 5.73 Å². The first-order valence-corrected chi connectivity index (χ1v) is 6.78. The van der Waals surface area contributed by atoms with E-state index in [1.807, 2.05) is 24.3 Å². The third kappa shape index (κ3) is 3.55. The zero-order valence-electron chi connectivity index (χ0n) is 10.6. The Hall–Kier alpha value is -1.39. The summed E-state index contributed by atoms with van der Waals surface area (Å²) >= 11 is 3.46. The lowest BCUT2D eigenvalue weighted by atomic mass is 10.1. The Morgan fingerprint density at radius 2 is 2.00 bits per heavy atom. The van der Waals surface area contributed by atoms with Crippen molar-refractivity contribution in [1.82, 2.24) is 0 Å². The molecule has 0 heterocycles. The average Bonchev–Trinajstić information content (AvgIpc) is 2.38. The maximum atomic E-state index is 13.2. The molecule has 2 N–H and O–H groups in total. The first-order chi connectivity index (χ1) is 9.08. The second-order valence-electron chi connectivity index (χ2n) is 4.35.